The lowest BCUT2D eigenvalue weighted by molar-refractivity contribution is 0.0578. The predicted molar refractivity (Wildman–Crippen MR) is 60.6 cm³/mol. The lowest BCUT2D eigenvalue weighted by Crippen LogP contribution is -2.45. The summed E-state index contributed by atoms with van der Waals surface area (Å²) in [5.74, 6) is -0.618. The van der Waals surface area contributed by atoms with Gasteiger partial charge in [-0.25, -0.2) is 16.8 Å². The van der Waals surface area contributed by atoms with Crippen LogP contribution in [0.15, 0.2) is 0 Å². The molecule has 0 aromatic rings. The summed E-state index contributed by atoms with van der Waals surface area (Å²) in [6.07, 6.45) is -1.24. The van der Waals surface area contributed by atoms with E-state index < -0.39 is 37.0 Å². The fourth-order valence-electron chi connectivity index (χ4n) is 1.29. The highest BCUT2D eigenvalue weighted by molar-refractivity contribution is 8.09. The van der Waals surface area contributed by atoms with Crippen LogP contribution in [0.4, 0.5) is 0 Å². The van der Waals surface area contributed by atoms with E-state index in [1.165, 1.54) is 21.0 Å². The molecular formula is C8H18O6S2. The third kappa shape index (κ3) is 3.41. The van der Waals surface area contributed by atoms with Gasteiger partial charge < -0.3 is 9.84 Å². The molecule has 6 nitrogen and oxygen atoms in total. The molecule has 0 aromatic heterocycles. The summed E-state index contributed by atoms with van der Waals surface area (Å²) < 4.78 is 49.8. The zero-order chi connectivity index (χ0) is 13.0. The molecule has 0 radical (unpaired) electrons. The van der Waals surface area contributed by atoms with Crippen molar-refractivity contribution in [3.63, 3.8) is 0 Å². The first-order chi connectivity index (χ1) is 7.26. The van der Waals surface area contributed by atoms with E-state index in [4.69, 9.17) is 9.84 Å². The lowest BCUT2D eigenvalue weighted by Gasteiger charge is -2.23. The molecule has 0 saturated heterocycles. The smallest absolute Gasteiger partial charge is 0.190 e. The number of hydrogen-bond donors (Lipinski definition) is 1. The molecule has 0 amide bonds. The van der Waals surface area contributed by atoms with Crippen LogP contribution in [-0.4, -0.2) is 57.9 Å². The molecule has 8 heteroatoms. The molecule has 1 unspecified atom stereocenters. The summed E-state index contributed by atoms with van der Waals surface area (Å²) in [6, 6.07) is 0. The zero-order valence-electron chi connectivity index (χ0n) is 9.58. The van der Waals surface area contributed by atoms with Gasteiger partial charge in [0, 0.05) is 18.6 Å². The van der Waals surface area contributed by atoms with Crippen LogP contribution in [0.2, 0.25) is 0 Å². The SMILES string of the molecule is CCS(=O)(=O)C(C(CO)OC)S(=O)(=O)CC. The summed E-state index contributed by atoms with van der Waals surface area (Å²) in [6.45, 7) is 2.06. The number of ether oxygens (including phenoxy) is 1. The van der Waals surface area contributed by atoms with Crippen molar-refractivity contribution in [1.29, 1.82) is 0 Å². The van der Waals surface area contributed by atoms with E-state index in [2.05, 4.69) is 0 Å². The van der Waals surface area contributed by atoms with Crippen molar-refractivity contribution < 1.29 is 26.7 Å². The highest BCUT2D eigenvalue weighted by Gasteiger charge is 2.41. The molecule has 1 N–H and O–H groups in total. The Morgan fingerprint density at radius 1 is 1.06 bits per heavy atom. The van der Waals surface area contributed by atoms with Crippen LogP contribution in [-0.2, 0) is 24.4 Å². The van der Waals surface area contributed by atoms with Crippen molar-refractivity contribution in [1.82, 2.24) is 0 Å². The van der Waals surface area contributed by atoms with E-state index in [1.807, 2.05) is 0 Å². The van der Waals surface area contributed by atoms with E-state index >= 15 is 0 Å². The van der Waals surface area contributed by atoms with Gasteiger partial charge in [-0.05, 0) is 0 Å². The third-order valence-electron chi connectivity index (χ3n) is 2.30. The number of aliphatic hydroxyl groups is 1. The maximum absolute atomic E-state index is 11.7. The molecule has 0 rings (SSSR count). The zero-order valence-corrected chi connectivity index (χ0v) is 11.2. The van der Waals surface area contributed by atoms with E-state index in [0.29, 0.717) is 0 Å². The normalized spacial score (nSPS) is 15.3. The van der Waals surface area contributed by atoms with Crippen LogP contribution in [0.3, 0.4) is 0 Å². The second kappa shape index (κ2) is 5.95. The van der Waals surface area contributed by atoms with Crippen LogP contribution in [0.1, 0.15) is 13.8 Å². The first-order valence-corrected chi connectivity index (χ1v) is 8.26. The van der Waals surface area contributed by atoms with Crippen molar-refractivity contribution in [2.24, 2.45) is 0 Å². The molecule has 98 valence electrons. The maximum Gasteiger partial charge on any atom is 0.190 e. The minimum Gasteiger partial charge on any atom is -0.394 e. The van der Waals surface area contributed by atoms with Crippen molar-refractivity contribution >= 4 is 19.7 Å². The molecule has 0 aliphatic rings. The van der Waals surface area contributed by atoms with Crippen LogP contribution < -0.4 is 0 Å². The number of sulfone groups is 2. The van der Waals surface area contributed by atoms with E-state index in [1.54, 1.807) is 0 Å². The van der Waals surface area contributed by atoms with Crippen LogP contribution >= 0.6 is 0 Å². The Balaban J connectivity index is 5.58. The molecule has 0 fully saturated rings. The van der Waals surface area contributed by atoms with Gasteiger partial charge in [-0.2, -0.15) is 0 Å². The number of rotatable bonds is 7. The largest absolute Gasteiger partial charge is 0.394 e. The average molecular weight is 274 g/mol. The number of aliphatic hydroxyl groups excluding tert-OH is 1. The average Bonchev–Trinajstić information content (AvgIpc) is 2.24. The Morgan fingerprint density at radius 3 is 1.62 bits per heavy atom. The van der Waals surface area contributed by atoms with Crippen molar-refractivity contribution in [2.45, 2.75) is 24.5 Å². The first kappa shape index (κ1) is 15.8. The molecule has 0 spiro atoms. The van der Waals surface area contributed by atoms with E-state index in [9.17, 15) is 16.8 Å². The van der Waals surface area contributed by atoms with Gasteiger partial charge in [-0.3, -0.25) is 0 Å². The molecule has 0 aromatic carbocycles. The summed E-state index contributed by atoms with van der Waals surface area (Å²) >= 11 is 0. The quantitative estimate of drug-likeness (QED) is 0.652. The van der Waals surface area contributed by atoms with Gasteiger partial charge in [0.05, 0.1) is 6.61 Å². The van der Waals surface area contributed by atoms with Crippen molar-refractivity contribution in [2.75, 3.05) is 25.2 Å². The fraction of sp³-hybridized carbons (Fsp3) is 1.00. The topological polar surface area (TPSA) is 97.7 Å². The van der Waals surface area contributed by atoms with Gasteiger partial charge >= 0.3 is 0 Å². The fourth-order valence-corrected chi connectivity index (χ4v) is 5.87. The molecule has 16 heavy (non-hydrogen) atoms. The molecule has 0 bridgehead atoms. The second-order valence-electron chi connectivity index (χ2n) is 3.23. The monoisotopic (exact) mass is 274 g/mol. The van der Waals surface area contributed by atoms with Crippen molar-refractivity contribution in [3.05, 3.63) is 0 Å². The van der Waals surface area contributed by atoms with Crippen LogP contribution in [0.5, 0.6) is 0 Å². The van der Waals surface area contributed by atoms with Gasteiger partial charge in [0.15, 0.2) is 24.3 Å². The van der Waals surface area contributed by atoms with Gasteiger partial charge in [-0.15, -0.1) is 0 Å². The second-order valence-corrected chi connectivity index (χ2v) is 8.35. The summed E-state index contributed by atoms with van der Waals surface area (Å²) in [5.41, 5.74) is 0. The van der Waals surface area contributed by atoms with E-state index in [-0.39, 0.29) is 11.5 Å². The summed E-state index contributed by atoms with van der Waals surface area (Å²) in [5, 5.41) is 8.96. The van der Waals surface area contributed by atoms with Crippen LogP contribution in [0, 0.1) is 0 Å². The predicted octanol–water partition coefficient (Wildman–Crippen LogP) is -0.811. The van der Waals surface area contributed by atoms with Crippen molar-refractivity contribution in [3.8, 4) is 0 Å². The third-order valence-corrected chi connectivity index (χ3v) is 7.69. The first-order valence-electron chi connectivity index (χ1n) is 4.83. The molecule has 0 aliphatic carbocycles. The summed E-state index contributed by atoms with van der Waals surface area (Å²) in [4.78, 5) is 0. The number of methoxy groups -OCH3 is 1. The van der Waals surface area contributed by atoms with Gasteiger partial charge in [0.1, 0.15) is 6.10 Å². The minimum absolute atomic E-state index is 0.309. The Kier molecular flexibility index (Phi) is 5.88. The number of hydrogen-bond acceptors (Lipinski definition) is 6. The highest BCUT2D eigenvalue weighted by Crippen LogP contribution is 2.18. The van der Waals surface area contributed by atoms with Gasteiger partial charge in [0.25, 0.3) is 0 Å². The van der Waals surface area contributed by atoms with Crippen LogP contribution in [0.25, 0.3) is 0 Å². The maximum atomic E-state index is 11.7. The lowest BCUT2D eigenvalue weighted by atomic mass is 10.4. The van der Waals surface area contributed by atoms with Gasteiger partial charge in [-0.1, -0.05) is 13.8 Å². The Hall–Kier alpha value is -0.180. The Morgan fingerprint density at radius 2 is 1.44 bits per heavy atom. The molecule has 0 saturated carbocycles. The molecular weight excluding hydrogens is 256 g/mol. The Labute approximate surface area is 96.5 Å². The van der Waals surface area contributed by atoms with E-state index in [0.717, 1.165) is 0 Å². The summed E-state index contributed by atoms with van der Waals surface area (Å²) in [7, 11) is -6.48. The minimum atomic E-state index is -3.83. The van der Waals surface area contributed by atoms with Gasteiger partial charge in [0.2, 0.25) is 0 Å². The standard InChI is InChI=1S/C8H18O6S2/c1-4-15(10,11)8(7(6-9)14-3)16(12,13)5-2/h7-9H,4-6H2,1-3H3. The molecule has 0 aliphatic heterocycles. The molecule has 0 heterocycles. The highest BCUT2D eigenvalue weighted by atomic mass is 32.3. The molecule has 1 atom stereocenters. The Bertz CT molecular complexity index is 358.